The van der Waals surface area contributed by atoms with Crippen molar-refractivity contribution >= 4 is 16.5 Å². The van der Waals surface area contributed by atoms with E-state index >= 15 is 0 Å². The van der Waals surface area contributed by atoms with Gasteiger partial charge in [0.1, 0.15) is 16.8 Å². The molecule has 1 saturated heterocycles. The van der Waals surface area contributed by atoms with Crippen molar-refractivity contribution < 1.29 is 9.47 Å². The SMILES string of the molecule is COc1cccc(-c2ccc(=O)n(C3COCC3Nc3nnc(C)s3)n2)c1. The second-order valence-electron chi connectivity index (χ2n) is 6.22. The minimum atomic E-state index is -0.229. The number of nitrogens with one attached hydrogen (secondary N) is 1. The Balaban J connectivity index is 1.65. The summed E-state index contributed by atoms with van der Waals surface area (Å²) in [5.41, 5.74) is 1.41. The van der Waals surface area contributed by atoms with E-state index in [4.69, 9.17) is 9.47 Å². The fourth-order valence-electron chi connectivity index (χ4n) is 3.03. The summed E-state index contributed by atoms with van der Waals surface area (Å²) in [6, 6.07) is 10.5. The largest absolute Gasteiger partial charge is 0.497 e. The lowest BCUT2D eigenvalue weighted by Crippen LogP contribution is -2.37. The van der Waals surface area contributed by atoms with Gasteiger partial charge in [0.15, 0.2) is 0 Å². The Morgan fingerprint density at radius 1 is 1.26 bits per heavy atom. The first-order chi connectivity index (χ1) is 13.1. The van der Waals surface area contributed by atoms with Gasteiger partial charge in [-0.15, -0.1) is 10.2 Å². The molecule has 8 nitrogen and oxygen atoms in total. The molecule has 140 valence electrons. The third-order valence-electron chi connectivity index (χ3n) is 4.39. The molecule has 2 aromatic heterocycles. The van der Waals surface area contributed by atoms with E-state index in [9.17, 15) is 4.79 Å². The summed E-state index contributed by atoms with van der Waals surface area (Å²) in [6.45, 7) is 2.78. The van der Waals surface area contributed by atoms with Crippen molar-refractivity contribution in [2.45, 2.75) is 19.0 Å². The lowest BCUT2D eigenvalue weighted by atomic mass is 10.1. The highest BCUT2D eigenvalue weighted by Gasteiger charge is 2.32. The molecule has 27 heavy (non-hydrogen) atoms. The highest BCUT2D eigenvalue weighted by molar-refractivity contribution is 7.15. The summed E-state index contributed by atoms with van der Waals surface area (Å²) in [7, 11) is 1.62. The zero-order chi connectivity index (χ0) is 18.8. The first-order valence-corrected chi connectivity index (χ1v) is 9.34. The molecule has 2 unspecified atom stereocenters. The number of aryl methyl sites for hydroxylation is 1. The molecule has 1 aliphatic rings. The second kappa shape index (κ2) is 7.45. The Bertz CT molecular complexity index is 1000. The number of rotatable bonds is 5. The maximum Gasteiger partial charge on any atom is 0.267 e. The Morgan fingerprint density at radius 2 is 2.15 bits per heavy atom. The van der Waals surface area contributed by atoms with Crippen LogP contribution in [0.2, 0.25) is 0 Å². The molecule has 9 heteroatoms. The first kappa shape index (κ1) is 17.6. The summed E-state index contributed by atoms with van der Waals surface area (Å²) in [6.07, 6.45) is 0. The van der Waals surface area contributed by atoms with Crippen LogP contribution in [-0.2, 0) is 4.74 Å². The van der Waals surface area contributed by atoms with Gasteiger partial charge in [-0.05, 0) is 25.1 Å². The van der Waals surface area contributed by atoms with E-state index in [0.717, 1.165) is 16.3 Å². The molecule has 0 saturated carbocycles. The van der Waals surface area contributed by atoms with Crippen LogP contribution in [0, 0.1) is 6.92 Å². The van der Waals surface area contributed by atoms with Crippen LogP contribution in [-0.4, -0.2) is 46.3 Å². The van der Waals surface area contributed by atoms with E-state index in [2.05, 4.69) is 20.6 Å². The fourth-order valence-corrected chi connectivity index (χ4v) is 3.69. The molecular formula is C18H19N5O3S. The van der Waals surface area contributed by atoms with Crippen LogP contribution >= 0.6 is 11.3 Å². The van der Waals surface area contributed by atoms with Crippen molar-refractivity contribution in [3.05, 3.63) is 51.8 Å². The number of hydrogen-bond donors (Lipinski definition) is 1. The number of aromatic nitrogens is 4. The maximum atomic E-state index is 12.5. The molecule has 0 bridgehead atoms. The minimum absolute atomic E-state index is 0.108. The van der Waals surface area contributed by atoms with Gasteiger partial charge >= 0.3 is 0 Å². The third-order valence-corrected chi connectivity index (χ3v) is 5.16. The highest BCUT2D eigenvalue weighted by atomic mass is 32.1. The number of benzene rings is 1. The summed E-state index contributed by atoms with van der Waals surface area (Å²) < 4.78 is 12.4. The van der Waals surface area contributed by atoms with Gasteiger partial charge in [0.25, 0.3) is 5.56 Å². The van der Waals surface area contributed by atoms with Crippen LogP contribution in [0.3, 0.4) is 0 Å². The molecule has 1 aliphatic heterocycles. The second-order valence-corrected chi connectivity index (χ2v) is 7.40. The van der Waals surface area contributed by atoms with Gasteiger partial charge in [0.2, 0.25) is 5.13 Å². The summed E-state index contributed by atoms with van der Waals surface area (Å²) >= 11 is 1.47. The van der Waals surface area contributed by atoms with E-state index in [1.54, 1.807) is 13.2 Å². The van der Waals surface area contributed by atoms with Gasteiger partial charge in [0, 0.05) is 11.6 Å². The molecule has 3 aromatic rings. The predicted octanol–water partition coefficient (Wildman–Crippen LogP) is 2.13. The van der Waals surface area contributed by atoms with Crippen molar-refractivity contribution in [1.29, 1.82) is 0 Å². The fraction of sp³-hybridized carbons (Fsp3) is 0.333. The molecule has 0 amide bonds. The van der Waals surface area contributed by atoms with Crippen molar-refractivity contribution in [3.8, 4) is 17.0 Å². The van der Waals surface area contributed by atoms with E-state index in [0.29, 0.717) is 24.0 Å². The van der Waals surface area contributed by atoms with Gasteiger partial charge < -0.3 is 14.8 Å². The molecule has 3 heterocycles. The molecule has 0 spiro atoms. The lowest BCUT2D eigenvalue weighted by Gasteiger charge is -2.20. The molecule has 4 rings (SSSR count). The monoisotopic (exact) mass is 385 g/mol. The van der Waals surface area contributed by atoms with Crippen molar-refractivity contribution in [3.63, 3.8) is 0 Å². The van der Waals surface area contributed by atoms with Crippen molar-refractivity contribution in [2.24, 2.45) is 0 Å². The normalized spacial score (nSPS) is 19.2. The first-order valence-electron chi connectivity index (χ1n) is 8.53. The molecule has 2 atom stereocenters. The van der Waals surface area contributed by atoms with Crippen molar-refractivity contribution in [1.82, 2.24) is 20.0 Å². The zero-order valence-corrected chi connectivity index (χ0v) is 15.8. The summed E-state index contributed by atoms with van der Waals surface area (Å²) in [4.78, 5) is 12.5. The quantitative estimate of drug-likeness (QED) is 0.719. The van der Waals surface area contributed by atoms with Crippen molar-refractivity contribution in [2.75, 3.05) is 25.6 Å². The van der Waals surface area contributed by atoms with Gasteiger partial charge in [0.05, 0.1) is 32.1 Å². The Morgan fingerprint density at radius 3 is 2.93 bits per heavy atom. The average molecular weight is 385 g/mol. The molecule has 0 radical (unpaired) electrons. The van der Waals surface area contributed by atoms with E-state index in [-0.39, 0.29) is 17.6 Å². The van der Waals surface area contributed by atoms with Crippen LogP contribution in [0.1, 0.15) is 11.0 Å². The van der Waals surface area contributed by atoms with Crippen LogP contribution in [0.4, 0.5) is 5.13 Å². The summed E-state index contributed by atoms with van der Waals surface area (Å²) in [5.74, 6) is 0.738. The van der Waals surface area contributed by atoms with Crippen LogP contribution in [0.15, 0.2) is 41.2 Å². The standard InChI is InChI=1S/C18H19N5O3S/c1-11-20-21-18(27-11)19-15-9-26-10-16(15)23-17(24)7-6-14(22-23)12-4-3-5-13(8-12)25-2/h3-8,15-16H,9-10H2,1-2H3,(H,19,21). The Labute approximate surface area is 159 Å². The Hall–Kier alpha value is -2.78. The number of methoxy groups -OCH3 is 1. The van der Waals surface area contributed by atoms with E-state index in [1.165, 1.54) is 22.1 Å². The Kier molecular flexibility index (Phi) is 4.87. The highest BCUT2D eigenvalue weighted by Crippen LogP contribution is 2.25. The van der Waals surface area contributed by atoms with Crippen LogP contribution < -0.4 is 15.6 Å². The predicted molar refractivity (Wildman–Crippen MR) is 102 cm³/mol. The summed E-state index contributed by atoms with van der Waals surface area (Å²) in [5, 5.41) is 17.6. The minimum Gasteiger partial charge on any atom is -0.497 e. The zero-order valence-electron chi connectivity index (χ0n) is 15.0. The van der Waals surface area contributed by atoms with Crippen LogP contribution in [0.5, 0.6) is 5.75 Å². The van der Waals surface area contributed by atoms with Gasteiger partial charge in [-0.2, -0.15) is 5.10 Å². The van der Waals surface area contributed by atoms with Gasteiger partial charge in [-0.1, -0.05) is 23.5 Å². The molecule has 1 fully saturated rings. The smallest absolute Gasteiger partial charge is 0.267 e. The van der Waals surface area contributed by atoms with Gasteiger partial charge in [-0.25, -0.2) is 4.68 Å². The molecular weight excluding hydrogens is 366 g/mol. The maximum absolute atomic E-state index is 12.5. The number of ether oxygens (including phenoxy) is 2. The third kappa shape index (κ3) is 3.69. The molecule has 1 aromatic carbocycles. The average Bonchev–Trinajstić information content (AvgIpc) is 3.31. The van der Waals surface area contributed by atoms with Gasteiger partial charge in [-0.3, -0.25) is 4.79 Å². The molecule has 1 N–H and O–H groups in total. The van der Waals surface area contributed by atoms with E-state index < -0.39 is 0 Å². The topological polar surface area (TPSA) is 91.2 Å². The number of hydrogen-bond acceptors (Lipinski definition) is 8. The molecule has 0 aliphatic carbocycles. The van der Waals surface area contributed by atoms with E-state index in [1.807, 2.05) is 31.2 Å². The number of anilines is 1. The number of nitrogens with zero attached hydrogens (tertiary/aromatic N) is 4. The lowest BCUT2D eigenvalue weighted by molar-refractivity contribution is 0.183. The van der Waals surface area contributed by atoms with Crippen LogP contribution in [0.25, 0.3) is 11.3 Å².